The highest BCUT2D eigenvalue weighted by molar-refractivity contribution is 5.91. The minimum Gasteiger partial charge on any atom is -0.384 e. The molecule has 106 valence electrons. The summed E-state index contributed by atoms with van der Waals surface area (Å²) in [5.41, 5.74) is 2.58. The van der Waals surface area contributed by atoms with E-state index in [1.807, 2.05) is 25.1 Å². The van der Waals surface area contributed by atoms with Gasteiger partial charge in [0.25, 0.3) is 0 Å². The third-order valence-electron chi connectivity index (χ3n) is 3.25. The van der Waals surface area contributed by atoms with Gasteiger partial charge in [-0.25, -0.2) is 0 Å². The smallest absolute Gasteiger partial charge is 0.226 e. The number of rotatable bonds is 3. The zero-order chi connectivity index (χ0) is 14.4. The van der Waals surface area contributed by atoms with E-state index in [1.54, 1.807) is 0 Å². The lowest BCUT2D eigenvalue weighted by atomic mass is 10.1. The molecule has 1 heterocycles. The number of amides is 1. The summed E-state index contributed by atoms with van der Waals surface area (Å²) in [6.45, 7) is 2.53. The molecule has 1 aromatic rings. The zero-order valence-corrected chi connectivity index (χ0v) is 11.6. The van der Waals surface area contributed by atoms with Gasteiger partial charge in [0.05, 0.1) is 12.5 Å². The van der Waals surface area contributed by atoms with E-state index in [-0.39, 0.29) is 18.6 Å². The molecule has 1 amide bonds. The fourth-order valence-corrected chi connectivity index (χ4v) is 2.24. The van der Waals surface area contributed by atoms with Crippen LogP contribution in [-0.2, 0) is 9.53 Å². The lowest BCUT2D eigenvalue weighted by Crippen LogP contribution is -2.19. The SMILES string of the molecule is Cc1cc(C#CCO)ccc1NC(=O)CC1CCCO1. The predicted molar refractivity (Wildman–Crippen MR) is 77.4 cm³/mol. The maximum absolute atomic E-state index is 11.9. The van der Waals surface area contributed by atoms with Gasteiger partial charge in [-0.1, -0.05) is 11.8 Å². The predicted octanol–water partition coefficient (Wildman–Crippen LogP) is 1.85. The molecular weight excluding hydrogens is 254 g/mol. The Hall–Kier alpha value is -1.83. The molecule has 1 atom stereocenters. The van der Waals surface area contributed by atoms with Gasteiger partial charge in [-0.15, -0.1) is 0 Å². The number of carbonyl (C=O) groups excluding carboxylic acids is 1. The molecule has 0 radical (unpaired) electrons. The summed E-state index contributed by atoms with van der Waals surface area (Å²) in [7, 11) is 0. The summed E-state index contributed by atoms with van der Waals surface area (Å²) < 4.78 is 5.45. The number of hydrogen-bond acceptors (Lipinski definition) is 3. The summed E-state index contributed by atoms with van der Waals surface area (Å²) in [5.74, 6) is 5.42. The van der Waals surface area contributed by atoms with Crippen LogP contribution < -0.4 is 5.32 Å². The fraction of sp³-hybridized carbons (Fsp3) is 0.438. The van der Waals surface area contributed by atoms with Gasteiger partial charge in [0.2, 0.25) is 5.91 Å². The minimum absolute atomic E-state index is 0.0193. The monoisotopic (exact) mass is 273 g/mol. The van der Waals surface area contributed by atoms with E-state index in [1.165, 1.54) is 0 Å². The van der Waals surface area contributed by atoms with Gasteiger partial charge in [-0.05, 0) is 43.5 Å². The molecule has 1 aliphatic rings. The Kier molecular flexibility index (Phi) is 5.16. The molecule has 4 nitrogen and oxygen atoms in total. The standard InChI is InChI=1S/C16H19NO3/c1-12-10-13(4-2-8-18)6-7-15(12)17-16(19)11-14-5-3-9-20-14/h6-7,10,14,18H,3,5,8-9,11H2,1H3,(H,17,19). The Balaban J connectivity index is 1.96. The van der Waals surface area contributed by atoms with Crippen molar-refractivity contribution in [2.45, 2.75) is 32.3 Å². The van der Waals surface area contributed by atoms with Crippen LogP contribution in [0.4, 0.5) is 5.69 Å². The molecule has 1 fully saturated rings. The van der Waals surface area contributed by atoms with Crippen LogP contribution >= 0.6 is 0 Å². The maximum atomic E-state index is 11.9. The number of benzene rings is 1. The average Bonchev–Trinajstić information content (AvgIpc) is 2.92. The number of carbonyl (C=O) groups is 1. The molecule has 2 rings (SSSR count). The number of aliphatic hydroxyl groups excluding tert-OH is 1. The van der Waals surface area contributed by atoms with Crippen molar-refractivity contribution in [2.75, 3.05) is 18.5 Å². The summed E-state index contributed by atoms with van der Waals surface area (Å²) >= 11 is 0. The van der Waals surface area contributed by atoms with Crippen LogP contribution in [0.3, 0.4) is 0 Å². The van der Waals surface area contributed by atoms with Gasteiger partial charge in [-0.2, -0.15) is 0 Å². The Morgan fingerprint density at radius 1 is 1.55 bits per heavy atom. The third-order valence-corrected chi connectivity index (χ3v) is 3.25. The van der Waals surface area contributed by atoms with Crippen LogP contribution in [-0.4, -0.2) is 30.3 Å². The maximum Gasteiger partial charge on any atom is 0.226 e. The Labute approximate surface area is 119 Å². The van der Waals surface area contributed by atoms with Crippen molar-refractivity contribution < 1.29 is 14.6 Å². The fourth-order valence-electron chi connectivity index (χ4n) is 2.24. The quantitative estimate of drug-likeness (QED) is 0.826. The third kappa shape index (κ3) is 4.09. The number of hydrogen-bond donors (Lipinski definition) is 2. The Bertz CT molecular complexity index is 536. The molecule has 20 heavy (non-hydrogen) atoms. The highest BCUT2D eigenvalue weighted by Crippen LogP contribution is 2.19. The summed E-state index contributed by atoms with van der Waals surface area (Å²) in [4.78, 5) is 11.9. The number of nitrogens with one attached hydrogen (secondary N) is 1. The molecule has 0 bridgehead atoms. The number of anilines is 1. The van der Waals surface area contributed by atoms with Crippen molar-refractivity contribution in [3.63, 3.8) is 0 Å². The van der Waals surface area contributed by atoms with Crippen molar-refractivity contribution in [2.24, 2.45) is 0 Å². The first-order chi connectivity index (χ1) is 9.69. The summed E-state index contributed by atoms with van der Waals surface area (Å²) in [6, 6.07) is 5.56. The normalized spacial score (nSPS) is 17.4. The van der Waals surface area contributed by atoms with Crippen molar-refractivity contribution in [3.05, 3.63) is 29.3 Å². The van der Waals surface area contributed by atoms with E-state index in [0.717, 1.165) is 36.3 Å². The Morgan fingerprint density at radius 2 is 2.40 bits per heavy atom. The second-order valence-corrected chi connectivity index (χ2v) is 4.88. The topological polar surface area (TPSA) is 58.6 Å². The first kappa shape index (κ1) is 14.6. The first-order valence-corrected chi connectivity index (χ1v) is 6.81. The Morgan fingerprint density at radius 3 is 3.05 bits per heavy atom. The molecule has 0 saturated carbocycles. The van der Waals surface area contributed by atoms with E-state index in [9.17, 15) is 4.79 Å². The molecule has 1 aliphatic heterocycles. The first-order valence-electron chi connectivity index (χ1n) is 6.81. The number of aryl methyl sites for hydroxylation is 1. The lowest BCUT2D eigenvalue weighted by Gasteiger charge is -2.11. The van der Waals surface area contributed by atoms with Gasteiger partial charge in [0.15, 0.2) is 0 Å². The number of ether oxygens (including phenoxy) is 1. The van der Waals surface area contributed by atoms with Crippen LogP contribution in [0.2, 0.25) is 0 Å². The lowest BCUT2D eigenvalue weighted by molar-refractivity contribution is -0.118. The van der Waals surface area contributed by atoms with E-state index < -0.39 is 0 Å². The average molecular weight is 273 g/mol. The van der Waals surface area contributed by atoms with Crippen LogP contribution in [0.1, 0.15) is 30.4 Å². The van der Waals surface area contributed by atoms with Crippen LogP contribution in [0.5, 0.6) is 0 Å². The highest BCUT2D eigenvalue weighted by Gasteiger charge is 2.19. The van der Waals surface area contributed by atoms with Crippen molar-refractivity contribution in [1.29, 1.82) is 0 Å². The molecule has 2 N–H and O–H groups in total. The van der Waals surface area contributed by atoms with Gasteiger partial charge in [0, 0.05) is 17.9 Å². The van der Waals surface area contributed by atoms with E-state index in [2.05, 4.69) is 17.2 Å². The van der Waals surface area contributed by atoms with Gasteiger partial charge >= 0.3 is 0 Å². The van der Waals surface area contributed by atoms with E-state index in [4.69, 9.17) is 9.84 Å². The van der Waals surface area contributed by atoms with Gasteiger partial charge < -0.3 is 15.2 Å². The van der Waals surface area contributed by atoms with Gasteiger partial charge in [-0.3, -0.25) is 4.79 Å². The van der Waals surface area contributed by atoms with Crippen LogP contribution in [0.25, 0.3) is 0 Å². The van der Waals surface area contributed by atoms with E-state index in [0.29, 0.717) is 6.42 Å². The molecule has 0 aromatic heterocycles. The van der Waals surface area contributed by atoms with Crippen molar-refractivity contribution >= 4 is 11.6 Å². The largest absolute Gasteiger partial charge is 0.384 e. The van der Waals surface area contributed by atoms with Gasteiger partial charge in [0.1, 0.15) is 6.61 Å². The molecule has 0 aliphatic carbocycles. The highest BCUT2D eigenvalue weighted by atomic mass is 16.5. The molecule has 1 saturated heterocycles. The summed E-state index contributed by atoms with van der Waals surface area (Å²) in [5, 5.41) is 11.6. The molecule has 0 spiro atoms. The molecule has 1 unspecified atom stereocenters. The minimum atomic E-state index is -0.154. The van der Waals surface area contributed by atoms with Crippen molar-refractivity contribution in [3.8, 4) is 11.8 Å². The zero-order valence-electron chi connectivity index (χ0n) is 11.6. The van der Waals surface area contributed by atoms with Crippen LogP contribution in [0, 0.1) is 18.8 Å². The van der Waals surface area contributed by atoms with Crippen molar-refractivity contribution in [1.82, 2.24) is 0 Å². The molecular formula is C16H19NO3. The second-order valence-electron chi connectivity index (χ2n) is 4.88. The second kappa shape index (κ2) is 7.09. The summed E-state index contributed by atoms with van der Waals surface area (Å²) in [6.07, 6.45) is 2.47. The molecule has 1 aromatic carbocycles. The number of aliphatic hydroxyl groups is 1. The van der Waals surface area contributed by atoms with E-state index >= 15 is 0 Å². The van der Waals surface area contributed by atoms with Crippen LogP contribution in [0.15, 0.2) is 18.2 Å². The molecule has 4 heteroatoms.